The molecule has 4 rings (SSSR count). The highest BCUT2D eigenvalue weighted by Crippen LogP contribution is 2.22. The number of rotatable bonds is 1. The fourth-order valence-electron chi connectivity index (χ4n) is 3.68. The lowest BCUT2D eigenvalue weighted by Gasteiger charge is -2.22. The van der Waals surface area contributed by atoms with Crippen molar-refractivity contribution < 1.29 is 8.42 Å². The third-order valence-electron chi connectivity index (χ3n) is 4.94. The van der Waals surface area contributed by atoms with Crippen molar-refractivity contribution in [2.45, 2.75) is 24.5 Å². The lowest BCUT2D eigenvalue weighted by molar-refractivity contribution is 0.583. The summed E-state index contributed by atoms with van der Waals surface area (Å²) in [5.41, 5.74) is 2.50. The van der Waals surface area contributed by atoms with Gasteiger partial charge in [0.2, 0.25) is 0 Å². The van der Waals surface area contributed by atoms with Crippen molar-refractivity contribution in [1.29, 1.82) is 0 Å². The van der Waals surface area contributed by atoms with Crippen LogP contribution in [-0.4, -0.2) is 19.9 Å². The van der Waals surface area contributed by atoms with E-state index in [1.807, 2.05) is 0 Å². The molecule has 0 saturated carbocycles. The average molecular weight is 389 g/mol. The Morgan fingerprint density at radius 3 is 2.57 bits per heavy atom. The smallest absolute Gasteiger partial charge is 0.150 e. The van der Waals surface area contributed by atoms with Crippen LogP contribution in [0.25, 0.3) is 12.2 Å². The Bertz CT molecular complexity index is 1130. The highest BCUT2D eigenvalue weighted by Gasteiger charge is 2.25. The molecule has 2 nitrogen and oxygen atoms in total. The number of hydrogen-bond donors (Lipinski definition) is 0. The summed E-state index contributed by atoms with van der Waals surface area (Å²) < 4.78 is 25.0. The molecule has 0 fully saturated rings. The van der Waals surface area contributed by atoms with Gasteiger partial charge in [-0.3, -0.25) is 0 Å². The summed E-state index contributed by atoms with van der Waals surface area (Å²) >= 11 is 3.55. The summed E-state index contributed by atoms with van der Waals surface area (Å²) in [7, 11) is -3.01. The van der Waals surface area contributed by atoms with Gasteiger partial charge in [0, 0.05) is 10.7 Å². The molecule has 2 aromatic rings. The van der Waals surface area contributed by atoms with Crippen LogP contribution in [0.5, 0.6) is 0 Å². The predicted molar refractivity (Wildman–Crippen MR) is 97.1 cm³/mol. The van der Waals surface area contributed by atoms with Crippen LogP contribution in [0.2, 0.25) is 0 Å². The number of halogens is 1. The van der Waals surface area contributed by atoms with E-state index >= 15 is 0 Å². The van der Waals surface area contributed by atoms with Gasteiger partial charge < -0.3 is 0 Å². The van der Waals surface area contributed by atoms with Gasteiger partial charge in [-0.05, 0) is 63.4 Å². The second-order valence-electron chi connectivity index (χ2n) is 6.39. The molecular formula is C19H17BrO2S. The average Bonchev–Trinajstić information content (AvgIpc) is 2.52. The Morgan fingerprint density at radius 1 is 1.00 bits per heavy atom. The summed E-state index contributed by atoms with van der Waals surface area (Å²) in [4.78, 5) is 0. The van der Waals surface area contributed by atoms with Crippen LogP contribution in [0.1, 0.15) is 17.5 Å². The molecule has 118 valence electrons. The summed E-state index contributed by atoms with van der Waals surface area (Å²) in [6.07, 6.45) is 7.80. The van der Waals surface area contributed by atoms with E-state index < -0.39 is 9.84 Å². The maximum atomic E-state index is 12.0. The van der Waals surface area contributed by atoms with Gasteiger partial charge in [-0.1, -0.05) is 46.3 Å². The van der Waals surface area contributed by atoms with Crippen molar-refractivity contribution in [3.8, 4) is 0 Å². The standard InChI is InChI=1S/C19H17BrO2S/c1-23(21,22)15-7-3-13-5-8-16-17(19(13)11-15)9-4-12-2-6-14(20)10-18(12)16/h2-6,8,10,15H,7,9,11H2,1H3. The second-order valence-corrected chi connectivity index (χ2v) is 9.64. The molecule has 0 heterocycles. The van der Waals surface area contributed by atoms with Crippen molar-refractivity contribution in [3.05, 3.63) is 66.8 Å². The van der Waals surface area contributed by atoms with Crippen molar-refractivity contribution in [2.75, 3.05) is 6.26 Å². The van der Waals surface area contributed by atoms with E-state index in [1.54, 1.807) is 0 Å². The fraction of sp³-hybridized carbons (Fsp3) is 0.263. The summed E-state index contributed by atoms with van der Waals surface area (Å²) in [5.74, 6) is 0. The second kappa shape index (κ2) is 5.32. The third-order valence-corrected chi connectivity index (χ3v) is 7.00. The molecule has 0 aromatic heterocycles. The van der Waals surface area contributed by atoms with Crippen LogP contribution < -0.4 is 10.4 Å². The normalized spacial score (nSPS) is 19.0. The van der Waals surface area contributed by atoms with Gasteiger partial charge in [-0.25, -0.2) is 8.42 Å². The van der Waals surface area contributed by atoms with E-state index in [0.717, 1.165) is 10.9 Å². The summed E-state index contributed by atoms with van der Waals surface area (Å²) in [6, 6.07) is 10.7. The van der Waals surface area contributed by atoms with Gasteiger partial charge >= 0.3 is 0 Å². The number of fused-ring (bicyclic) bond motifs is 4. The molecule has 0 N–H and O–H groups in total. The van der Waals surface area contributed by atoms with Crippen molar-refractivity contribution in [3.63, 3.8) is 0 Å². The van der Waals surface area contributed by atoms with Gasteiger partial charge in [0.05, 0.1) is 5.25 Å². The Balaban J connectivity index is 2.05. The summed E-state index contributed by atoms with van der Waals surface area (Å²) in [6.45, 7) is 0. The van der Waals surface area contributed by atoms with E-state index in [1.165, 1.54) is 38.3 Å². The lowest BCUT2D eigenvalue weighted by Crippen LogP contribution is -2.31. The number of benzene rings is 2. The minimum Gasteiger partial charge on any atom is -0.229 e. The summed E-state index contributed by atoms with van der Waals surface area (Å²) in [5, 5.41) is 4.64. The molecule has 2 aliphatic rings. The maximum absolute atomic E-state index is 12.0. The molecule has 0 bridgehead atoms. The first-order valence-corrected chi connectivity index (χ1v) is 10.5. The van der Waals surface area contributed by atoms with E-state index in [4.69, 9.17) is 0 Å². The van der Waals surface area contributed by atoms with Crippen LogP contribution in [-0.2, 0) is 22.7 Å². The van der Waals surface area contributed by atoms with Crippen LogP contribution in [0.3, 0.4) is 0 Å². The Labute approximate surface area is 143 Å². The van der Waals surface area contributed by atoms with E-state index in [2.05, 4.69) is 58.4 Å². The van der Waals surface area contributed by atoms with Crippen molar-refractivity contribution in [2.24, 2.45) is 0 Å². The monoisotopic (exact) mass is 388 g/mol. The van der Waals surface area contributed by atoms with Crippen molar-refractivity contribution in [1.82, 2.24) is 0 Å². The fourth-order valence-corrected chi connectivity index (χ4v) is 4.95. The molecule has 0 saturated heterocycles. The predicted octanol–water partition coefficient (Wildman–Crippen LogP) is 2.21. The zero-order chi connectivity index (χ0) is 16.2. The van der Waals surface area contributed by atoms with Crippen LogP contribution in [0, 0.1) is 10.4 Å². The highest BCUT2D eigenvalue weighted by molar-refractivity contribution is 9.10. The van der Waals surface area contributed by atoms with E-state index in [-0.39, 0.29) is 5.25 Å². The number of sulfone groups is 1. The van der Waals surface area contributed by atoms with Crippen molar-refractivity contribution >= 4 is 37.9 Å². The maximum Gasteiger partial charge on any atom is 0.150 e. The number of hydrogen-bond acceptors (Lipinski definition) is 2. The molecule has 23 heavy (non-hydrogen) atoms. The van der Waals surface area contributed by atoms with Crippen LogP contribution in [0.4, 0.5) is 0 Å². The third kappa shape index (κ3) is 2.58. The van der Waals surface area contributed by atoms with Gasteiger partial charge in [0.1, 0.15) is 0 Å². The largest absolute Gasteiger partial charge is 0.229 e. The molecule has 1 unspecified atom stereocenters. The van der Waals surface area contributed by atoms with Gasteiger partial charge in [-0.2, -0.15) is 0 Å². The molecular weight excluding hydrogens is 372 g/mol. The Kier molecular flexibility index (Phi) is 3.50. The minimum atomic E-state index is -3.01. The molecule has 1 atom stereocenters. The van der Waals surface area contributed by atoms with Crippen LogP contribution in [0.15, 0.2) is 34.8 Å². The van der Waals surface area contributed by atoms with Gasteiger partial charge in [0.15, 0.2) is 9.84 Å². The zero-order valence-electron chi connectivity index (χ0n) is 12.8. The molecule has 0 radical (unpaired) electrons. The topological polar surface area (TPSA) is 34.1 Å². The molecule has 0 amide bonds. The first-order chi connectivity index (χ1) is 10.9. The lowest BCUT2D eigenvalue weighted by atomic mass is 9.89. The molecule has 0 aliphatic heterocycles. The van der Waals surface area contributed by atoms with Crippen LogP contribution >= 0.6 is 15.9 Å². The molecule has 2 aromatic carbocycles. The SMILES string of the molecule is CS(=O)(=O)C1CC=c2ccc3c(c2C1)CC=c1ccc(Br)cc1=3. The molecule has 0 spiro atoms. The van der Waals surface area contributed by atoms with Gasteiger partial charge in [-0.15, -0.1) is 0 Å². The van der Waals surface area contributed by atoms with E-state index in [0.29, 0.717) is 12.8 Å². The first kappa shape index (κ1) is 15.2. The highest BCUT2D eigenvalue weighted by atomic mass is 79.9. The Hall–Kier alpha value is -1.39. The minimum absolute atomic E-state index is 0.287. The Morgan fingerprint density at radius 2 is 1.78 bits per heavy atom. The zero-order valence-corrected chi connectivity index (χ0v) is 15.2. The van der Waals surface area contributed by atoms with E-state index in [9.17, 15) is 8.42 Å². The molecule has 2 aliphatic carbocycles. The molecule has 4 heteroatoms. The quantitative estimate of drug-likeness (QED) is 0.750. The first-order valence-electron chi connectivity index (χ1n) is 7.73. The van der Waals surface area contributed by atoms with Gasteiger partial charge in [0.25, 0.3) is 0 Å².